The third-order valence-electron chi connectivity index (χ3n) is 8.62. The van der Waals surface area contributed by atoms with Gasteiger partial charge in [-0.05, 0) is 73.5 Å². The van der Waals surface area contributed by atoms with Gasteiger partial charge in [0.05, 0.1) is 6.10 Å². The molecule has 0 N–H and O–H groups in total. The summed E-state index contributed by atoms with van der Waals surface area (Å²) in [6, 6.07) is 0.481. The zero-order valence-corrected chi connectivity index (χ0v) is 15.3. The molecule has 4 rings (SSSR count). The molecule has 3 heteroatoms. The van der Waals surface area contributed by atoms with Gasteiger partial charge >= 0.3 is 0 Å². The predicted octanol–water partition coefficient (Wildman–Crippen LogP) is 3.86. The molecular weight excluding hydrogens is 286 g/mol. The largest absolute Gasteiger partial charge is 0.381 e. The predicted molar refractivity (Wildman–Crippen MR) is 91.0 cm³/mol. The SMILES string of the molecule is CO[C@@H]1C[C@H]2[C@@H]3CC[C@H]4N(C)C(=O)CC[C@]4(C)[C@H]3CC[C@]2(C)C1. The zero-order chi connectivity index (χ0) is 16.4. The van der Waals surface area contributed by atoms with Gasteiger partial charge in [0.1, 0.15) is 0 Å². The molecule has 3 nitrogen and oxygen atoms in total. The van der Waals surface area contributed by atoms with E-state index in [0.29, 0.717) is 28.9 Å². The van der Waals surface area contributed by atoms with Gasteiger partial charge in [-0.3, -0.25) is 4.79 Å². The maximum atomic E-state index is 12.2. The maximum Gasteiger partial charge on any atom is 0.222 e. The third-order valence-corrected chi connectivity index (χ3v) is 8.62. The number of ether oxygens (including phenoxy) is 1. The molecule has 0 spiro atoms. The molecule has 1 amide bonds. The average Bonchev–Trinajstić information content (AvgIpc) is 2.88. The second-order valence-electron chi connectivity index (χ2n) is 9.47. The van der Waals surface area contributed by atoms with Crippen molar-refractivity contribution < 1.29 is 9.53 Å². The van der Waals surface area contributed by atoms with Gasteiger partial charge in [0, 0.05) is 26.6 Å². The van der Waals surface area contributed by atoms with E-state index in [1.165, 1.54) is 38.5 Å². The number of hydrogen-bond acceptors (Lipinski definition) is 2. The molecule has 1 saturated heterocycles. The fraction of sp³-hybridized carbons (Fsp3) is 0.950. The van der Waals surface area contributed by atoms with Crippen LogP contribution < -0.4 is 0 Å². The zero-order valence-electron chi connectivity index (χ0n) is 15.3. The minimum atomic E-state index is 0.345. The lowest BCUT2D eigenvalue weighted by Crippen LogP contribution is -2.61. The van der Waals surface area contributed by atoms with E-state index in [4.69, 9.17) is 4.74 Å². The monoisotopic (exact) mass is 319 g/mol. The summed E-state index contributed by atoms with van der Waals surface area (Å²) in [6.07, 6.45) is 10.1. The second-order valence-corrected chi connectivity index (χ2v) is 9.47. The van der Waals surface area contributed by atoms with Gasteiger partial charge in [0.25, 0.3) is 0 Å². The van der Waals surface area contributed by atoms with Crippen LogP contribution >= 0.6 is 0 Å². The number of carbonyl (C=O) groups is 1. The Hall–Kier alpha value is -0.570. The number of nitrogens with zero attached hydrogens (tertiary/aromatic N) is 1. The molecule has 1 aliphatic heterocycles. The van der Waals surface area contributed by atoms with Crippen molar-refractivity contribution in [2.24, 2.45) is 28.6 Å². The fourth-order valence-electron chi connectivity index (χ4n) is 7.32. The first kappa shape index (κ1) is 15.9. The molecule has 0 radical (unpaired) electrons. The Kier molecular flexibility index (Phi) is 3.61. The molecule has 4 fully saturated rings. The van der Waals surface area contributed by atoms with Crippen LogP contribution in [0.2, 0.25) is 0 Å². The molecule has 0 bridgehead atoms. The standard InChI is InChI=1S/C20H33NO2/c1-19-9-7-15-14(16(19)11-13(12-19)23-4)5-6-17-20(15,2)10-8-18(22)21(17)3/h13-17H,5-12H2,1-4H3/t13-,14-,15+,16+,17-,19-,20-/m1/s1. The lowest BCUT2D eigenvalue weighted by molar-refractivity contribution is -0.156. The van der Waals surface area contributed by atoms with Crippen molar-refractivity contribution in [3.8, 4) is 0 Å². The molecule has 0 unspecified atom stereocenters. The Bertz CT molecular complexity index is 506. The molecule has 3 saturated carbocycles. The van der Waals surface area contributed by atoms with Crippen molar-refractivity contribution in [3.63, 3.8) is 0 Å². The van der Waals surface area contributed by atoms with Crippen molar-refractivity contribution in [3.05, 3.63) is 0 Å². The smallest absolute Gasteiger partial charge is 0.222 e. The number of piperidine rings is 1. The van der Waals surface area contributed by atoms with Gasteiger partial charge in [0.2, 0.25) is 5.91 Å². The number of rotatable bonds is 1. The highest BCUT2D eigenvalue weighted by molar-refractivity contribution is 5.77. The molecule has 4 aliphatic rings. The molecule has 3 aliphatic carbocycles. The van der Waals surface area contributed by atoms with E-state index in [1.807, 2.05) is 14.2 Å². The normalized spacial score (nSPS) is 52.8. The van der Waals surface area contributed by atoms with Gasteiger partial charge in [-0.15, -0.1) is 0 Å². The summed E-state index contributed by atoms with van der Waals surface area (Å²) < 4.78 is 5.76. The summed E-state index contributed by atoms with van der Waals surface area (Å²) in [7, 11) is 3.94. The van der Waals surface area contributed by atoms with E-state index in [-0.39, 0.29) is 0 Å². The summed E-state index contributed by atoms with van der Waals surface area (Å²) >= 11 is 0. The van der Waals surface area contributed by atoms with Crippen LogP contribution in [0, 0.1) is 28.6 Å². The first-order chi connectivity index (χ1) is 10.9. The molecule has 23 heavy (non-hydrogen) atoms. The molecule has 1 heterocycles. The molecule has 0 aromatic heterocycles. The summed E-state index contributed by atoms with van der Waals surface area (Å²) in [5.41, 5.74) is 0.847. The first-order valence-corrected chi connectivity index (χ1v) is 9.67. The first-order valence-electron chi connectivity index (χ1n) is 9.67. The summed E-state index contributed by atoms with van der Waals surface area (Å²) in [5.74, 6) is 2.88. The van der Waals surface area contributed by atoms with Crippen LogP contribution in [0.15, 0.2) is 0 Å². The van der Waals surface area contributed by atoms with Gasteiger partial charge in [0.15, 0.2) is 0 Å². The topological polar surface area (TPSA) is 29.5 Å². The average molecular weight is 319 g/mol. The minimum absolute atomic E-state index is 0.345. The molecule has 0 aromatic rings. The Morgan fingerprint density at radius 3 is 2.65 bits per heavy atom. The quantitative estimate of drug-likeness (QED) is 0.734. The molecular formula is C20H33NO2. The van der Waals surface area contributed by atoms with Crippen LogP contribution in [0.3, 0.4) is 0 Å². The maximum absolute atomic E-state index is 12.2. The molecule has 7 atom stereocenters. The van der Waals surface area contributed by atoms with Crippen LogP contribution in [0.1, 0.15) is 65.2 Å². The van der Waals surface area contributed by atoms with Crippen molar-refractivity contribution in [1.82, 2.24) is 4.90 Å². The van der Waals surface area contributed by atoms with Gasteiger partial charge < -0.3 is 9.64 Å². The van der Waals surface area contributed by atoms with Crippen LogP contribution in [0.25, 0.3) is 0 Å². The summed E-state index contributed by atoms with van der Waals surface area (Å²) in [4.78, 5) is 14.3. The van der Waals surface area contributed by atoms with E-state index >= 15 is 0 Å². The highest BCUT2D eigenvalue weighted by Gasteiger charge is 2.60. The van der Waals surface area contributed by atoms with Crippen molar-refractivity contribution in [2.45, 2.75) is 77.4 Å². The minimum Gasteiger partial charge on any atom is -0.381 e. The van der Waals surface area contributed by atoms with E-state index in [9.17, 15) is 4.79 Å². The van der Waals surface area contributed by atoms with E-state index in [1.54, 1.807) is 0 Å². The summed E-state index contributed by atoms with van der Waals surface area (Å²) in [5, 5.41) is 0. The highest BCUT2D eigenvalue weighted by Crippen LogP contribution is 2.64. The van der Waals surface area contributed by atoms with Crippen LogP contribution in [0.4, 0.5) is 0 Å². The number of likely N-dealkylation sites (tertiary alicyclic amines) is 1. The van der Waals surface area contributed by atoms with Crippen molar-refractivity contribution in [1.29, 1.82) is 0 Å². The molecule has 130 valence electrons. The Morgan fingerprint density at radius 2 is 1.91 bits per heavy atom. The van der Waals surface area contributed by atoms with Crippen LogP contribution in [0.5, 0.6) is 0 Å². The number of hydrogen-bond donors (Lipinski definition) is 0. The Labute approximate surface area is 141 Å². The molecule has 0 aromatic carbocycles. The van der Waals surface area contributed by atoms with Crippen molar-refractivity contribution >= 4 is 5.91 Å². The summed E-state index contributed by atoms with van der Waals surface area (Å²) in [6.45, 7) is 5.03. The lowest BCUT2D eigenvalue weighted by Gasteiger charge is -2.61. The van der Waals surface area contributed by atoms with E-state index < -0.39 is 0 Å². The lowest BCUT2D eigenvalue weighted by atomic mass is 9.47. The Balaban J connectivity index is 1.63. The van der Waals surface area contributed by atoms with Gasteiger partial charge in [-0.25, -0.2) is 0 Å². The van der Waals surface area contributed by atoms with E-state index in [2.05, 4.69) is 18.7 Å². The highest BCUT2D eigenvalue weighted by atomic mass is 16.5. The van der Waals surface area contributed by atoms with Gasteiger partial charge in [-0.2, -0.15) is 0 Å². The van der Waals surface area contributed by atoms with Crippen LogP contribution in [-0.4, -0.2) is 37.1 Å². The van der Waals surface area contributed by atoms with Gasteiger partial charge in [-0.1, -0.05) is 13.8 Å². The van der Waals surface area contributed by atoms with Crippen molar-refractivity contribution in [2.75, 3.05) is 14.2 Å². The second kappa shape index (κ2) is 5.21. The Morgan fingerprint density at radius 1 is 1.13 bits per heavy atom. The third kappa shape index (κ3) is 2.14. The number of carbonyl (C=O) groups excluding carboxylic acids is 1. The number of methoxy groups -OCH3 is 1. The van der Waals surface area contributed by atoms with E-state index in [0.717, 1.165) is 30.6 Å². The fourth-order valence-corrected chi connectivity index (χ4v) is 7.32. The number of fused-ring (bicyclic) bond motifs is 5. The van der Waals surface area contributed by atoms with Crippen LogP contribution in [-0.2, 0) is 9.53 Å². The number of amides is 1.